The lowest BCUT2D eigenvalue weighted by Gasteiger charge is -2.23. The molecule has 1 fully saturated rings. The molecule has 2 rings (SSSR count). The van der Waals surface area contributed by atoms with E-state index in [1.54, 1.807) is 24.0 Å². The van der Waals surface area contributed by atoms with Gasteiger partial charge in [0.25, 0.3) is 5.91 Å². The molecule has 0 saturated carbocycles. The predicted octanol–water partition coefficient (Wildman–Crippen LogP) is 1.83. The zero-order chi connectivity index (χ0) is 18.8. The van der Waals surface area contributed by atoms with Gasteiger partial charge in [-0.25, -0.2) is 8.42 Å². The standard InChI is InChI=1S/C18H29N3O3S/c1-5-20(6-2)25(23,24)17-10-16(8-7-13(17)3)18(22)21-12-15(11-19)9-14(21)4/h7-8,10,14-15H,5-6,9,11-12,19H2,1-4H3. The van der Waals surface area contributed by atoms with E-state index in [1.807, 2.05) is 20.8 Å². The molecular weight excluding hydrogens is 338 g/mol. The number of likely N-dealkylation sites (tertiary alicyclic amines) is 1. The Morgan fingerprint density at radius 2 is 1.96 bits per heavy atom. The number of benzene rings is 1. The Balaban J connectivity index is 2.38. The van der Waals surface area contributed by atoms with Crippen LogP contribution in [0.3, 0.4) is 0 Å². The molecule has 1 aromatic rings. The molecule has 1 saturated heterocycles. The average molecular weight is 368 g/mol. The SMILES string of the molecule is CCN(CC)S(=O)(=O)c1cc(C(=O)N2CC(CN)CC2C)ccc1C. The van der Waals surface area contributed by atoms with Crippen LogP contribution in [0.5, 0.6) is 0 Å². The number of nitrogens with two attached hydrogens (primary N) is 1. The Morgan fingerprint density at radius 1 is 1.32 bits per heavy atom. The molecule has 0 aliphatic carbocycles. The molecule has 1 aromatic carbocycles. The van der Waals surface area contributed by atoms with Crippen LogP contribution >= 0.6 is 0 Å². The molecule has 1 amide bonds. The molecule has 6 nitrogen and oxygen atoms in total. The molecule has 2 atom stereocenters. The third kappa shape index (κ3) is 3.88. The Hall–Kier alpha value is -1.44. The summed E-state index contributed by atoms with van der Waals surface area (Å²) >= 11 is 0. The van der Waals surface area contributed by atoms with E-state index in [-0.39, 0.29) is 16.8 Å². The van der Waals surface area contributed by atoms with Gasteiger partial charge in [0.05, 0.1) is 4.90 Å². The van der Waals surface area contributed by atoms with Gasteiger partial charge in [-0.2, -0.15) is 4.31 Å². The zero-order valence-electron chi connectivity index (χ0n) is 15.5. The highest BCUT2D eigenvalue weighted by atomic mass is 32.2. The molecule has 1 aliphatic rings. The van der Waals surface area contributed by atoms with E-state index in [2.05, 4.69) is 0 Å². The van der Waals surface area contributed by atoms with Crippen molar-refractivity contribution < 1.29 is 13.2 Å². The van der Waals surface area contributed by atoms with Crippen molar-refractivity contribution in [3.63, 3.8) is 0 Å². The van der Waals surface area contributed by atoms with Gasteiger partial charge < -0.3 is 10.6 Å². The van der Waals surface area contributed by atoms with Crippen molar-refractivity contribution in [2.75, 3.05) is 26.2 Å². The number of hydrogen-bond donors (Lipinski definition) is 1. The zero-order valence-corrected chi connectivity index (χ0v) is 16.3. The molecule has 0 aromatic heterocycles. The molecule has 1 aliphatic heterocycles. The van der Waals surface area contributed by atoms with Gasteiger partial charge in [-0.1, -0.05) is 19.9 Å². The second-order valence-corrected chi connectivity index (χ2v) is 8.62. The second kappa shape index (κ2) is 7.85. The van der Waals surface area contributed by atoms with E-state index >= 15 is 0 Å². The van der Waals surface area contributed by atoms with Crippen molar-refractivity contribution in [3.8, 4) is 0 Å². The molecule has 25 heavy (non-hydrogen) atoms. The fourth-order valence-corrected chi connectivity index (χ4v) is 5.18. The number of carbonyl (C=O) groups is 1. The monoisotopic (exact) mass is 367 g/mol. The van der Waals surface area contributed by atoms with E-state index < -0.39 is 10.0 Å². The van der Waals surface area contributed by atoms with Crippen molar-refractivity contribution >= 4 is 15.9 Å². The summed E-state index contributed by atoms with van der Waals surface area (Å²) in [6.45, 7) is 9.37. The molecule has 1 heterocycles. The number of amides is 1. The van der Waals surface area contributed by atoms with Crippen LogP contribution in [0.4, 0.5) is 0 Å². The van der Waals surface area contributed by atoms with Gasteiger partial charge >= 0.3 is 0 Å². The third-order valence-electron chi connectivity index (χ3n) is 5.01. The van der Waals surface area contributed by atoms with E-state index in [0.29, 0.717) is 43.2 Å². The van der Waals surface area contributed by atoms with E-state index in [9.17, 15) is 13.2 Å². The molecule has 140 valence electrons. The van der Waals surface area contributed by atoms with Crippen molar-refractivity contribution in [2.24, 2.45) is 11.7 Å². The first-order valence-corrected chi connectivity index (χ1v) is 10.3. The normalized spacial score (nSPS) is 21.1. The van der Waals surface area contributed by atoms with Gasteiger partial charge in [0, 0.05) is 31.2 Å². The van der Waals surface area contributed by atoms with E-state index in [1.165, 1.54) is 10.4 Å². The minimum absolute atomic E-state index is 0.116. The minimum Gasteiger partial charge on any atom is -0.336 e. The first-order valence-electron chi connectivity index (χ1n) is 8.88. The highest BCUT2D eigenvalue weighted by Crippen LogP contribution is 2.26. The van der Waals surface area contributed by atoms with Crippen LogP contribution in [0.2, 0.25) is 0 Å². The largest absolute Gasteiger partial charge is 0.336 e. The van der Waals surface area contributed by atoms with Gasteiger partial charge in [0.1, 0.15) is 0 Å². The van der Waals surface area contributed by atoms with Crippen LogP contribution in [0.1, 0.15) is 43.1 Å². The summed E-state index contributed by atoms with van der Waals surface area (Å²) in [7, 11) is -3.60. The summed E-state index contributed by atoms with van der Waals surface area (Å²) in [4.78, 5) is 14.9. The molecule has 0 bridgehead atoms. The van der Waals surface area contributed by atoms with Crippen LogP contribution in [0.15, 0.2) is 23.1 Å². The summed E-state index contributed by atoms with van der Waals surface area (Å²) < 4.78 is 27.1. The number of rotatable bonds is 6. The van der Waals surface area contributed by atoms with E-state index in [4.69, 9.17) is 5.73 Å². The first-order chi connectivity index (χ1) is 11.8. The molecule has 7 heteroatoms. The van der Waals surface area contributed by atoms with Crippen LogP contribution in [-0.2, 0) is 10.0 Å². The van der Waals surface area contributed by atoms with Crippen molar-refractivity contribution in [3.05, 3.63) is 29.3 Å². The fraction of sp³-hybridized carbons (Fsp3) is 0.611. The van der Waals surface area contributed by atoms with Crippen LogP contribution in [0.25, 0.3) is 0 Å². The van der Waals surface area contributed by atoms with Crippen LogP contribution in [0, 0.1) is 12.8 Å². The summed E-state index contributed by atoms with van der Waals surface area (Å²) in [5, 5.41) is 0. The first kappa shape index (κ1) is 19.9. The lowest BCUT2D eigenvalue weighted by atomic mass is 10.1. The lowest BCUT2D eigenvalue weighted by Crippen LogP contribution is -2.35. The third-order valence-corrected chi connectivity index (χ3v) is 7.21. The maximum Gasteiger partial charge on any atom is 0.254 e. The van der Waals surface area contributed by atoms with Gasteiger partial charge in [-0.15, -0.1) is 0 Å². The summed E-state index contributed by atoms with van der Waals surface area (Å²) in [5.74, 6) is 0.183. The fourth-order valence-electron chi connectivity index (χ4n) is 3.48. The summed E-state index contributed by atoms with van der Waals surface area (Å²) in [6.07, 6.45) is 0.888. The van der Waals surface area contributed by atoms with Gasteiger partial charge in [-0.3, -0.25) is 4.79 Å². The predicted molar refractivity (Wildman–Crippen MR) is 98.9 cm³/mol. The van der Waals surface area contributed by atoms with Crippen LogP contribution < -0.4 is 5.73 Å². The maximum atomic E-state index is 12.9. The van der Waals surface area contributed by atoms with E-state index in [0.717, 1.165) is 6.42 Å². The van der Waals surface area contributed by atoms with Gasteiger partial charge in [-0.05, 0) is 50.4 Å². The Labute approximate surface area is 151 Å². The number of carbonyl (C=O) groups excluding carboxylic acids is 1. The highest BCUT2D eigenvalue weighted by Gasteiger charge is 2.33. The highest BCUT2D eigenvalue weighted by molar-refractivity contribution is 7.89. The Bertz CT molecular complexity index is 729. The summed E-state index contributed by atoms with van der Waals surface area (Å²) in [5.41, 5.74) is 6.81. The maximum absolute atomic E-state index is 12.9. The van der Waals surface area contributed by atoms with Gasteiger partial charge in [0.15, 0.2) is 0 Å². The van der Waals surface area contributed by atoms with Crippen molar-refractivity contribution in [1.82, 2.24) is 9.21 Å². The number of sulfonamides is 1. The lowest BCUT2D eigenvalue weighted by molar-refractivity contribution is 0.0743. The van der Waals surface area contributed by atoms with Gasteiger partial charge in [0.2, 0.25) is 10.0 Å². The number of nitrogens with zero attached hydrogens (tertiary/aromatic N) is 2. The average Bonchev–Trinajstić information content (AvgIpc) is 2.96. The number of hydrogen-bond acceptors (Lipinski definition) is 4. The second-order valence-electron chi connectivity index (χ2n) is 6.71. The smallest absolute Gasteiger partial charge is 0.254 e. The Morgan fingerprint density at radius 3 is 2.48 bits per heavy atom. The minimum atomic E-state index is -3.60. The molecule has 2 unspecified atom stereocenters. The van der Waals surface area contributed by atoms with Crippen molar-refractivity contribution in [2.45, 2.75) is 45.1 Å². The molecule has 0 spiro atoms. The topological polar surface area (TPSA) is 83.7 Å². The Kier molecular flexibility index (Phi) is 6.24. The molecule has 2 N–H and O–H groups in total. The quantitative estimate of drug-likeness (QED) is 0.831. The van der Waals surface area contributed by atoms with Crippen LogP contribution in [-0.4, -0.2) is 55.8 Å². The summed E-state index contributed by atoms with van der Waals surface area (Å²) in [6, 6.07) is 5.06. The molecule has 0 radical (unpaired) electrons. The molecular formula is C18H29N3O3S. The van der Waals surface area contributed by atoms with Crippen molar-refractivity contribution in [1.29, 1.82) is 0 Å². The number of aryl methyl sites for hydroxylation is 1.